The molecular weight excluding hydrogens is 300 g/mol. The van der Waals surface area contributed by atoms with Crippen molar-refractivity contribution >= 4 is 10.2 Å². The minimum absolute atomic E-state index is 0.0633. The largest absolute Gasteiger partial charge is 0.493 e. The van der Waals surface area contributed by atoms with Crippen molar-refractivity contribution in [3.8, 4) is 5.75 Å². The molecule has 1 rings (SSSR count). The van der Waals surface area contributed by atoms with E-state index >= 15 is 0 Å². The number of nitrogens with zero attached hydrogens (tertiary/aromatic N) is 1. The van der Waals surface area contributed by atoms with E-state index in [4.69, 9.17) is 4.74 Å². The lowest BCUT2D eigenvalue weighted by Crippen LogP contribution is -2.42. The molecule has 0 aliphatic rings. The van der Waals surface area contributed by atoms with E-state index in [-0.39, 0.29) is 6.04 Å². The third kappa shape index (κ3) is 5.26. The molecular formula is C16H28N2O3S. The maximum Gasteiger partial charge on any atom is 0.279 e. The molecule has 1 N–H and O–H groups in total. The van der Waals surface area contributed by atoms with Crippen LogP contribution in [0, 0.1) is 20.8 Å². The summed E-state index contributed by atoms with van der Waals surface area (Å²) in [6, 6.07) is 4.07. The normalized spacial score (nSPS) is 12.2. The molecule has 0 fully saturated rings. The first-order valence-electron chi connectivity index (χ1n) is 7.58. The minimum Gasteiger partial charge on any atom is -0.493 e. The number of nitrogens with one attached hydrogen (secondary N) is 1. The van der Waals surface area contributed by atoms with Gasteiger partial charge in [-0.25, -0.2) is 4.72 Å². The summed E-state index contributed by atoms with van der Waals surface area (Å²) in [5.74, 6) is 0.875. The Balaban J connectivity index is 2.44. The van der Waals surface area contributed by atoms with Crippen LogP contribution in [0.5, 0.6) is 5.75 Å². The van der Waals surface area contributed by atoms with Gasteiger partial charge in [0, 0.05) is 19.6 Å². The van der Waals surface area contributed by atoms with Crippen molar-refractivity contribution in [2.75, 3.05) is 20.2 Å². The van der Waals surface area contributed by atoms with Crippen molar-refractivity contribution in [3.05, 3.63) is 28.8 Å². The van der Waals surface area contributed by atoms with E-state index in [1.165, 1.54) is 9.87 Å². The van der Waals surface area contributed by atoms with Crippen molar-refractivity contribution in [1.29, 1.82) is 0 Å². The van der Waals surface area contributed by atoms with Gasteiger partial charge in [0.05, 0.1) is 6.61 Å². The Bertz CT molecular complexity index is 598. The Morgan fingerprint density at radius 2 is 1.86 bits per heavy atom. The number of hydrogen-bond acceptors (Lipinski definition) is 3. The Hall–Kier alpha value is -1.11. The zero-order valence-corrected chi connectivity index (χ0v) is 15.3. The number of benzene rings is 1. The van der Waals surface area contributed by atoms with Crippen LogP contribution in [0.1, 0.15) is 37.0 Å². The molecule has 0 spiro atoms. The van der Waals surface area contributed by atoms with Gasteiger partial charge in [0.1, 0.15) is 5.75 Å². The van der Waals surface area contributed by atoms with Crippen LogP contribution in [0.2, 0.25) is 0 Å². The van der Waals surface area contributed by atoms with Gasteiger partial charge in [-0.05, 0) is 63.8 Å². The molecule has 0 heterocycles. The van der Waals surface area contributed by atoms with Gasteiger partial charge >= 0.3 is 0 Å². The van der Waals surface area contributed by atoms with Crippen LogP contribution in [0.3, 0.4) is 0 Å². The van der Waals surface area contributed by atoms with Crippen molar-refractivity contribution in [2.45, 2.75) is 47.1 Å². The van der Waals surface area contributed by atoms with Crippen LogP contribution in [-0.4, -0.2) is 39.0 Å². The van der Waals surface area contributed by atoms with E-state index in [1.807, 2.05) is 33.8 Å². The van der Waals surface area contributed by atoms with Gasteiger partial charge < -0.3 is 4.74 Å². The molecule has 0 atom stereocenters. The molecule has 5 nitrogen and oxygen atoms in total. The quantitative estimate of drug-likeness (QED) is 0.746. The first kappa shape index (κ1) is 18.9. The lowest BCUT2D eigenvalue weighted by Gasteiger charge is -2.21. The van der Waals surface area contributed by atoms with Crippen molar-refractivity contribution < 1.29 is 13.2 Å². The maximum absolute atomic E-state index is 11.9. The van der Waals surface area contributed by atoms with Crippen LogP contribution in [0.15, 0.2) is 12.1 Å². The molecule has 0 bridgehead atoms. The highest BCUT2D eigenvalue weighted by molar-refractivity contribution is 7.87. The molecule has 0 aliphatic carbocycles. The first-order valence-corrected chi connectivity index (χ1v) is 9.02. The average Bonchev–Trinajstić information content (AvgIpc) is 2.42. The maximum atomic E-state index is 11.9. The summed E-state index contributed by atoms with van der Waals surface area (Å²) in [5, 5.41) is 0. The summed E-state index contributed by atoms with van der Waals surface area (Å²) < 4.78 is 33.5. The SMILES string of the molecule is Cc1cc(C)c(C)c(OCCCNS(=O)(=O)N(C)C(C)C)c1. The zero-order chi connectivity index (χ0) is 16.9. The fourth-order valence-corrected chi connectivity index (χ4v) is 3.15. The second kappa shape index (κ2) is 7.94. The lowest BCUT2D eigenvalue weighted by atomic mass is 10.1. The lowest BCUT2D eigenvalue weighted by molar-refractivity contribution is 0.308. The van der Waals surface area contributed by atoms with E-state index < -0.39 is 10.2 Å². The first-order chi connectivity index (χ1) is 10.1. The number of aryl methyl sites for hydroxylation is 2. The van der Waals surface area contributed by atoms with Gasteiger partial charge in [-0.1, -0.05) is 6.07 Å². The van der Waals surface area contributed by atoms with Gasteiger partial charge in [0.2, 0.25) is 0 Å². The van der Waals surface area contributed by atoms with Gasteiger partial charge in [-0.15, -0.1) is 0 Å². The fourth-order valence-electron chi connectivity index (χ4n) is 1.99. The summed E-state index contributed by atoms with van der Waals surface area (Å²) in [7, 11) is -1.83. The van der Waals surface area contributed by atoms with Crippen molar-refractivity contribution in [1.82, 2.24) is 9.03 Å². The predicted octanol–water partition coefficient (Wildman–Crippen LogP) is 2.56. The van der Waals surface area contributed by atoms with E-state index in [0.29, 0.717) is 19.6 Å². The molecule has 0 saturated heterocycles. The summed E-state index contributed by atoms with van der Waals surface area (Å²) in [4.78, 5) is 0. The van der Waals surface area contributed by atoms with E-state index in [9.17, 15) is 8.42 Å². The van der Waals surface area contributed by atoms with Crippen LogP contribution < -0.4 is 9.46 Å². The van der Waals surface area contributed by atoms with E-state index in [2.05, 4.69) is 17.7 Å². The molecule has 6 heteroatoms. The van der Waals surface area contributed by atoms with E-state index in [0.717, 1.165) is 16.9 Å². The second-order valence-corrected chi connectivity index (χ2v) is 7.73. The van der Waals surface area contributed by atoms with Crippen LogP contribution >= 0.6 is 0 Å². The predicted molar refractivity (Wildman–Crippen MR) is 90.6 cm³/mol. The van der Waals surface area contributed by atoms with Gasteiger partial charge in [0.25, 0.3) is 10.2 Å². The molecule has 0 amide bonds. The summed E-state index contributed by atoms with van der Waals surface area (Å²) in [6.45, 7) is 10.7. The van der Waals surface area contributed by atoms with Gasteiger partial charge in [0.15, 0.2) is 0 Å². The number of hydrogen-bond donors (Lipinski definition) is 1. The molecule has 0 saturated carbocycles. The standard InChI is InChI=1S/C16H28N2O3S/c1-12(2)18(6)22(19,20)17-8-7-9-21-16-11-13(3)10-14(4)15(16)5/h10-12,17H,7-9H2,1-6H3. The average molecular weight is 328 g/mol. The van der Waals surface area contributed by atoms with Crippen LogP contribution in [-0.2, 0) is 10.2 Å². The van der Waals surface area contributed by atoms with E-state index in [1.54, 1.807) is 7.05 Å². The smallest absolute Gasteiger partial charge is 0.279 e. The molecule has 1 aromatic rings. The molecule has 0 aromatic heterocycles. The molecule has 1 aromatic carbocycles. The zero-order valence-electron chi connectivity index (χ0n) is 14.4. The Kier molecular flexibility index (Phi) is 6.84. The topological polar surface area (TPSA) is 58.6 Å². The highest BCUT2D eigenvalue weighted by atomic mass is 32.2. The van der Waals surface area contributed by atoms with Crippen LogP contribution in [0.25, 0.3) is 0 Å². The summed E-state index contributed by atoms with van der Waals surface area (Å²) in [5.41, 5.74) is 3.50. The highest BCUT2D eigenvalue weighted by Crippen LogP contribution is 2.23. The third-order valence-electron chi connectivity index (χ3n) is 3.73. The Labute approximate surface area is 134 Å². The summed E-state index contributed by atoms with van der Waals surface area (Å²) in [6.07, 6.45) is 0.623. The molecule has 0 radical (unpaired) electrons. The van der Waals surface area contributed by atoms with Gasteiger partial charge in [-0.2, -0.15) is 12.7 Å². The third-order valence-corrected chi connectivity index (χ3v) is 5.48. The number of ether oxygens (including phenoxy) is 1. The van der Waals surface area contributed by atoms with Gasteiger partial charge in [-0.3, -0.25) is 0 Å². The molecule has 0 aliphatic heterocycles. The van der Waals surface area contributed by atoms with Crippen molar-refractivity contribution in [2.24, 2.45) is 0 Å². The molecule has 126 valence electrons. The van der Waals surface area contributed by atoms with Crippen molar-refractivity contribution in [3.63, 3.8) is 0 Å². The molecule has 22 heavy (non-hydrogen) atoms. The monoisotopic (exact) mass is 328 g/mol. The molecule has 0 unspecified atom stereocenters. The summed E-state index contributed by atoms with van der Waals surface area (Å²) >= 11 is 0. The minimum atomic E-state index is -3.40. The Morgan fingerprint density at radius 3 is 2.45 bits per heavy atom. The number of rotatable bonds is 8. The highest BCUT2D eigenvalue weighted by Gasteiger charge is 2.19. The fraction of sp³-hybridized carbons (Fsp3) is 0.625. The second-order valence-electron chi connectivity index (χ2n) is 5.92. The Morgan fingerprint density at radius 1 is 1.23 bits per heavy atom. The van der Waals surface area contributed by atoms with Crippen LogP contribution in [0.4, 0.5) is 0 Å².